The second-order valence-corrected chi connectivity index (χ2v) is 8.40. The second-order valence-electron chi connectivity index (χ2n) is 8.40. The average molecular weight is 383 g/mol. The van der Waals surface area contributed by atoms with Crippen molar-refractivity contribution < 1.29 is 9.53 Å². The summed E-state index contributed by atoms with van der Waals surface area (Å²) in [6.45, 7) is 2.29. The number of carbonyl (C=O) groups excluding carboxylic acids is 1. The maximum atomic E-state index is 11.0. The molecular formula is C25H50O2. The van der Waals surface area contributed by atoms with E-state index < -0.39 is 0 Å². The molecule has 0 aliphatic heterocycles. The van der Waals surface area contributed by atoms with Gasteiger partial charge >= 0.3 is 5.97 Å². The summed E-state index contributed by atoms with van der Waals surface area (Å²) >= 11 is 0. The zero-order valence-electron chi connectivity index (χ0n) is 18.9. The zero-order valence-corrected chi connectivity index (χ0v) is 18.9. The van der Waals surface area contributed by atoms with Crippen molar-refractivity contribution in [2.45, 2.75) is 148 Å². The van der Waals surface area contributed by atoms with Crippen molar-refractivity contribution in [1.29, 1.82) is 0 Å². The fraction of sp³-hybridized carbons (Fsp3) is 0.960. The first-order valence-electron chi connectivity index (χ1n) is 12.4. The molecule has 2 nitrogen and oxygen atoms in total. The Kier molecular flexibility index (Phi) is 23.0. The number of ether oxygens (including phenoxy) is 1. The van der Waals surface area contributed by atoms with Crippen LogP contribution in [0, 0.1) is 0 Å². The van der Waals surface area contributed by atoms with Gasteiger partial charge in [-0.3, -0.25) is 4.79 Å². The topological polar surface area (TPSA) is 26.3 Å². The quantitative estimate of drug-likeness (QED) is 0.138. The van der Waals surface area contributed by atoms with Crippen LogP contribution in [0.15, 0.2) is 0 Å². The van der Waals surface area contributed by atoms with Crippen molar-refractivity contribution in [2.75, 3.05) is 7.11 Å². The van der Waals surface area contributed by atoms with Gasteiger partial charge in [0.2, 0.25) is 0 Å². The van der Waals surface area contributed by atoms with E-state index in [1.165, 1.54) is 136 Å². The van der Waals surface area contributed by atoms with E-state index in [1.807, 2.05) is 0 Å². The van der Waals surface area contributed by atoms with Crippen LogP contribution in [0.1, 0.15) is 148 Å². The summed E-state index contributed by atoms with van der Waals surface area (Å²) in [5.41, 5.74) is 0. The van der Waals surface area contributed by atoms with E-state index in [0.717, 1.165) is 6.42 Å². The molecule has 0 N–H and O–H groups in total. The molecule has 0 amide bonds. The van der Waals surface area contributed by atoms with Crippen LogP contribution < -0.4 is 0 Å². The largest absolute Gasteiger partial charge is 0.469 e. The van der Waals surface area contributed by atoms with Crippen molar-refractivity contribution >= 4 is 5.97 Å². The van der Waals surface area contributed by atoms with Gasteiger partial charge in [0.05, 0.1) is 7.11 Å². The summed E-state index contributed by atoms with van der Waals surface area (Å²) in [6.07, 6.45) is 29.8. The molecule has 0 saturated carbocycles. The third-order valence-electron chi connectivity index (χ3n) is 5.71. The molecule has 0 radical (unpaired) electrons. The van der Waals surface area contributed by atoms with Crippen molar-refractivity contribution in [3.8, 4) is 0 Å². The maximum Gasteiger partial charge on any atom is 0.305 e. The van der Waals surface area contributed by atoms with Gasteiger partial charge < -0.3 is 4.74 Å². The molecule has 0 aliphatic rings. The van der Waals surface area contributed by atoms with Gasteiger partial charge in [-0.1, -0.05) is 135 Å². The van der Waals surface area contributed by atoms with Gasteiger partial charge in [0.25, 0.3) is 0 Å². The highest BCUT2D eigenvalue weighted by molar-refractivity contribution is 5.68. The first kappa shape index (κ1) is 26.5. The van der Waals surface area contributed by atoms with Gasteiger partial charge in [-0.15, -0.1) is 0 Å². The van der Waals surface area contributed by atoms with Gasteiger partial charge in [0.15, 0.2) is 0 Å². The molecule has 0 spiro atoms. The van der Waals surface area contributed by atoms with Gasteiger partial charge in [-0.2, -0.15) is 0 Å². The third-order valence-corrected chi connectivity index (χ3v) is 5.71. The van der Waals surface area contributed by atoms with E-state index in [0.29, 0.717) is 6.42 Å². The van der Waals surface area contributed by atoms with Crippen molar-refractivity contribution in [3.05, 3.63) is 0 Å². The van der Waals surface area contributed by atoms with Gasteiger partial charge in [0, 0.05) is 6.42 Å². The van der Waals surface area contributed by atoms with E-state index in [4.69, 9.17) is 0 Å². The van der Waals surface area contributed by atoms with Crippen LogP contribution in [-0.2, 0) is 9.53 Å². The first-order valence-corrected chi connectivity index (χ1v) is 12.4. The number of hydrogen-bond donors (Lipinski definition) is 0. The van der Waals surface area contributed by atoms with Crippen LogP contribution >= 0.6 is 0 Å². The first-order chi connectivity index (χ1) is 13.3. The number of carbonyl (C=O) groups is 1. The number of unbranched alkanes of at least 4 members (excludes halogenated alkanes) is 20. The number of esters is 1. The zero-order chi connectivity index (χ0) is 19.8. The van der Waals surface area contributed by atoms with Crippen LogP contribution in [0.3, 0.4) is 0 Å². The molecular weight excluding hydrogens is 332 g/mol. The monoisotopic (exact) mass is 382 g/mol. The number of hydrogen-bond acceptors (Lipinski definition) is 2. The molecule has 0 aromatic heterocycles. The third kappa shape index (κ3) is 23.4. The molecule has 0 heterocycles. The SMILES string of the molecule is CCCCCCCCCCCCCCCCCCCCCCCC(=O)OC. The van der Waals surface area contributed by atoms with Gasteiger partial charge in [-0.05, 0) is 6.42 Å². The van der Waals surface area contributed by atoms with Crippen LogP contribution in [0.25, 0.3) is 0 Å². The van der Waals surface area contributed by atoms with Crippen LogP contribution in [-0.4, -0.2) is 13.1 Å². The van der Waals surface area contributed by atoms with E-state index in [1.54, 1.807) is 0 Å². The summed E-state index contributed by atoms with van der Waals surface area (Å²) in [5, 5.41) is 0. The normalized spacial score (nSPS) is 11.0. The Morgan fingerprint density at radius 3 is 1.00 bits per heavy atom. The Hall–Kier alpha value is -0.530. The lowest BCUT2D eigenvalue weighted by atomic mass is 10.0. The predicted octanol–water partition coefficient (Wildman–Crippen LogP) is 8.76. The van der Waals surface area contributed by atoms with Gasteiger partial charge in [0.1, 0.15) is 0 Å². The Morgan fingerprint density at radius 1 is 0.481 bits per heavy atom. The Balaban J connectivity index is 3.00. The Labute approximate surface area is 171 Å². The smallest absolute Gasteiger partial charge is 0.305 e. The number of rotatable bonds is 22. The van der Waals surface area contributed by atoms with Crippen molar-refractivity contribution in [2.24, 2.45) is 0 Å². The summed E-state index contributed by atoms with van der Waals surface area (Å²) < 4.78 is 4.66. The summed E-state index contributed by atoms with van der Waals surface area (Å²) in [5.74, 6) is -0.0622. The lowest BCUT2D eigenvalue weighted by molar-refractivity contribution is -0.140. The van der Waals surface area contributed by atoms with E-state index in [9.17, 15) is 4.79 Å². The van der Waals surface area contributed by atoms with Gasteiger partial charge in [-0.25, -0.2) is 0 Å². The highest BCUT2D eigenvalue weighted by Crippen LogP contribution is 2.15. The van der Waals surface area contributed by atoms with Crippen LogP contribution in [0.2, 0.25) is 0 Å². The molecule has 0 fully saturated rings. The molecule has 0 aromatic rings. The highest BCUT2D eigenvalue weighted by Gasteiger charge is 1.99. The van der Waals surface area contributed by atoms with Crippen molar-refractivity contribution in [1.82, 2.24) is 0 Å². The molecule has 27 heavy (non-hydrogen) atoms. The predicted molar refractivity (Wildman–Crippen MR) is 119 cm³/mol. The van der Waals surface area contributed by atoms with E-state index >= 15 is 0 Å². The number of methoxy groups -OCH3 is 1. The molecule has 0 aromatic carbocycles. The lowest BCUT2D eigenvalue weighted by Gasteiger charge is -2.04. The standard InChI is InChI=1S/C25H50O2/c1-3-4-5-6-7-8-9-10-11-12-13-14-15-16-17-18-19-20-21-22-23-24-25(26)27-2/h3-24H2,1-2H3. The van der Waals surface area contributed by atoms with Crippen molar-refractivity contribution in [3.63, 3.8) is 0 Å². The minimum absolute atomic E-state index is 0.0622. The lowest BCUT2D eigenvalue weighted by Crippen LogP contribution is -1.99. The van der Waals surface area contributed by atoms with E-state index in [2.05, 4.69) is 11.7 Å². The fourth-order valence-electron chi connectivity index (χ4n) is 3.80. The molecule has 0 bridgehead atoms. The molecule has 0 unspecified atom stereocenters. The minimum atomic E-state index is -0.0622. The maximum absolute atomic E-state index is 11.0. The average Bonchev–Trinajstić information content (AvgIpc) is 2.68. The molecule has 0 aliphatic carbocycles. The van der Waals surface area contributed by atoms with E-state index in [-0.39, 0.29) is 5.97 Å². The fourth-order valence-corrected chi connectivity index (χ4v) is 3.80. The summed E-state index contributed by atoms with van der Waals surface area (Å²) in [7, 11) is 1.47. The summed E-state index contributed by atoms with van der Waals surface area (Å²) in [6, 6.07) is 0. The van der Waals surface area contributed by atoms with Crippen LogP contribution in [0.4, 0.5) is 0 Å². The molecule has 162 valence electrons. The molecule has 2 heteroatoms. The molecule has 0 rings (SSSR count). The molecule has 0 atom stereocenters. The Morgan fingerprint density at radius 2 is 0.741 bits per heavy atom. The summed E-state index contributed by atoms with van der Waals surface area (Å²) in [4.78, 5) is 11.0. The second kappa shape index (κ2) is 23.5. The highest BCUT2D eigenvalue weighted by atomic mass is 16.5. The van der Waals surface area contributed by atoms with Crippen LogP contribution in [0.5, 0.6) is 0 Å². The molecule has 0 saturated heterocycles. The minimum Gasteiger partial charge on any atom is -0.469 e. The Bertz CT molecular complexity index is 288.